The molecule has 34 heavy (non-hydrogen) atoms. The fourth-order valence-electron chi connectivity index (χ4n) is 4.89. The molecule has 182 valence electrons. The summed E-state index contributed by atoms with van der Waals surface area (Å²) in [6.45, 7) is 2.52. The van der Waals surface area contributed by atoms with Crippen LogP contribution in [0.2, 0.25) is 5.02 Å². The van der Waals surface area contributed by atoms with Crippen LogP contribution in [-0.4, -0.2) is 42.7 Å². The zero-order valence-corrected chi connectivity index (χ0v) is 20.2. The highest BCUT2D eigenvalue weighted by Gasteiger charge is 2.33. The van der Waals surface area contributed by atoms with E-state index in [4.69, 9.17) is 16.3 Å². The Kier molecular flexibility index (Phi) is 8.63. The molecule has 2 heterocycles. The van der Waals surface area contributed by atoms with Gasteiger partial charge in [0, 0.05) is 54.3 Å². The summed E-state index contributed by atoms with van der Waals surface area (Å²) >= 11 is 5.91. The van der Waals surface area contributed by atoms with Crippen molar-refractivity contribution in [2.75, 3.05) is 29.9 Å². The second-order valence-electron chi connectivity index (χ2n) is 9.24. The van der Waals surface area contributed by atoms with Gasteiger partial charge in [0.15, 0.2) is 6.10 Å². The summed E-state index contributed by atoms with van der Waals surface area (Å²) in [6, 6.07) is 10.9. The van der Waals surface area contributed by atoms with Gasteiger partial charge in [-0.3, -0.25) is 15.1 Å². The number of nitrogens with zero attached hydrogens (tertiary/aromatic N) is 2. The van der Waals surface area contributed by atoms with E-state index in [0.717, 1.165) is 58.0 Å². The van der Waals surface area contributed by atoms with Crippen LogP contribution in [0.25, 0.3) is 0 Å². The zero-order valence-electron chi connectivity index (χ0n) is 19.4. The molecule has 0 bridgehead atoms. The minimum Gasteiger partial charge on any atom is -0.436 e. The Bertz CT molecular complexity index is 927. The van der Waals surface area contributed by atoms with E-state index in [1.807, 2.05) is 24.5 Å². The maximum Gasteiger partial charge on any atom is 0.412 e. The summed E-state index contributed by atoms with van der Waals surface area (Å²) in [5.41, 5.74) is 1.77. The van der Waals surface area contributed by atoms with Crippen LogP contribution in [0, 0.1) is 11.8 Å². The number of halogens is 1. The van der Waals surface area contributed by atoms with Gasteiger partial charge in [-0.15, -0.1) is 0 Å². The fourth-order valence-corrected chi connectivity index (χ4v) is 5.02. The Labute approximate surface area is 206 Å². The summed E-state index contributed by atoms with van der Waals surface area (Å²) in [5.74, 6) is 0.282. The molecule has 0 spiro atoms. The number of anilines is 2. The van der Waals surface area contributed by atoms with Gasteiger partial charge >= 0.3 is 6.09 Å². The third-order valence-electron chi connectivity index (χ3n) is 6.87. The van der Waals surface area contributed by atoms with Crippen molar-refractivity contribution in [1.82, 2.24) is 10.3 Å². The Hall–Kier alpha value is -2.80. The van der Waals surface area contributed by atoms with Gasteiger partial charge in [0.25, 0.3) is 5.91 Å². The van der Waals surface area contributed by atoms with Crippen molar-refractivity contribution in [1.29, 1.82) is 0 Å². The second-order valence-corrected chi connectivity index (χ2v) is 9.67. The predicted octanol–water partition coefficient (Wildman–Crippen LogP) is 5.27. The monoisotopic (exact) mass is 484 g/mol. The van der Waals surface area contributed by atoms with Gasteiger partial charge in [0.1, 0.15) is 0 Å². The van der Waals surface area contributed by atoms with E-state index in [1.165, 1.54) is 5.69 Å². The van der Waals surface area contributed by atoms with E-state index in [0.29, 0.717) is 23.2 Å². The quantitative estimate of drug-likeness (QED) is 0.559. The minimum atomic E-state index is -0.774. The standard InChI is InChI=1S/C26H33ClN4O3/c27-21-6-8-22(9-7-21)30-26(33)34-24(20-4-2-1-3-5-20)25(32)29-18-19-12-16-31(17-13-19)23-10-14-28-15-11-23/h6-11,14-15,19-20,24H,1-5,12-13,16-18H2,(H,29,32)(H,30,33). The maximum absolute atomic E-state index is 13.2. The lowest BCUT2D eigenvalue weighted by molar-refractivity contribution is -0.133. The average Bonchev–Trinajstić information content (AvgIpc) is 2.88. The SMILES string of the molecule is O=C(Nc1ccc(Cl)cc1)OC(C(=O)NCC1CCN(c2ccncc2)CC1)C1CCCCC1. The Balaban J connectivity index is 1.29. The number of rotatable bonds is 7. The summed E-state index contributed by atoms with van der Waals surface area (Å²) in [5, 5.41) is 6.39. The summed E-state index contributed by atoms with van der Waals surface area (Å²) in [4.78, 5) is 32.2. The molecule has 8 heteroatoms. The topological polar surface area (TPSA) is 83.6 Å². The van der Waals surface area contributed by atoms with Gasteiger partial charge in [0.2, 0.25) is 0 Å². The van der Waals surface area contributed by atoms with Crippen molar-refractivity contribution in [3.8, 4) is 0 Å². The lowest BCUT2D eigenvalue weighted by atomic mass is 9.84. The average molecular weight is 485 g/mol. The normalized spacial score (nSPS) is 18.2. The van der Waals surface area contributed by atoms with Crippen molar-refractivity contribution < 1.29 is 14.3 Å². The van der Waals surface area contributed by atoms with Gasteiger partial charge < -0.3 is 15.0 Å². The smallest absolute Gasteiger partial charge is 0.412 e. The third-order valence-corrected chi connectivity index (χ3v) is 7.12. The number of carbonyl (C=O) groups is 2. The van der Waals surface area contributed by atoms with Crippen molar-refractivity contribution >= 4 is 35.0 Å². The maximum atomic E-state index is 13.2. The van der Waals surface area contributed by atoms with Crippen LogP contribution in [0.15, 0.2) is 48.8 Å². The highest BCUT2D eigenvalue weighted by atomic mass is 35.5. The number of nitrogens with one attached hydrogen (secondary N) is 2. The number of carbonyl (C=O) groups excluding carboxylic acids is 2. The van der Waals surface area contributed by atoms with Crippen molar-refractivity contribution in [2.24, 2.45) is 11.8 Å². The van der Waals surface area contributed by atoms with E-state index in [9.17, 15) is 9.59 Å². The lowest BCUT2D eigenvalue weighted by Crippen LogP contribution is -2.46. The van der Waals surface area contributed by atoms with Crippen LogP contribution in [0.4, 0.5) is 16.2 Å². The van der Waals surface area contributed by atoms with Crippen LogP contribution in [0.1, 0.15) is 44.9 Å². The molecule has 1 aliphatic carbocycles. The van der Waals surface area contributed by atoms with Crippen molar-refractivity contribution in [2.45, 2.75) is 51.0 Å². The Morgan fingerprint density at radius 2 is 1.68 bits per heavy atom. The number of aromatic nitrogens is 1. The molecule has 1 aromatic heterocycles. The number of benzene rings is 1. The summed E-state index contributed by atoms with van der Waals surface area (Å²) < 4.78 is 5.69. The van der Waals surface area contributed by atoms with Crippen LogP contribution >= 0.6 is 11.6 Å². The van der Waals surface area contributed by atoms with Gasteiger partial charge in [-0.25, -0.2) is 4.79 Å². The lowest BCUT2D eigenvalue weighted by Gasteiger charge is -2.34. The Morgan fingerprint density at radius 1 is 1.00 bits per heavy atom. The first-order valence-corrected chi connectivity index (χ1v) is 12.6. The molecule has 4 rings (SSSR count). The zero-order chi connectivity index (χ0) is 23.8. The minimum absolute atomic E-state index is 0.0539. The molecule has 2 amide bonds. The number of pyridine rings is 1. The van der Waals surface area contributed by atoms with Gasteiger partial charge in [0.05, 0.1) is 0 Å². The highest BCUT2D eigenvalue weighted by molar-refractivity contribution is 6.30. The number of hydrogen-bond donors (Lipinski definition) is 2. The molecule has 1 unspecified atom stereocenters. The number of ether oxygens (including phenoxy) is 1. The number of piperidine rings is 1. The summed E-state index contributed by atoms with van der Waals surface area (Å²) in [6.07, 6.45) is 9.35. The van der Waals surface area contributed by atoms with Crippen LogP contribution < -0.4 is 15.5 Å². The van der Waals surface area contributed by atoms with Crippen LogP contribution in [0.5, 0.6) is 0 Å². The van der Waals surface area contributed by atoms with E-state index >= 15 is 0 Å². The van der Waals surface area contributed by atoms with Crippen LogP contribution in [-0.2, 0) is 9.53 Å². The largest absolute Gasteiger partial charge is 0.436 e. The number of hydrogen-bond acceptors (Lipinski definition) is 5. The fraction of sp³-hybridized carbons (Fsp3) is 0.500. The second kappa shape index (κ2) is 12.1. The molecule has 2 aromatic rings. The first-order chi connectivity index (χ1) is 16.6. The highest BCUT2D eigenvalue weighted by Crippen LogP contribution is 2.29. The predicted molar refractivity (Wildman–Crippen MR) is 134 cm³/mol. The van der Waals surface area contributed by atoms with Crippen LogP contribution in [0.3, 0.4) is 0 Å². The molecule has 2 fully saturated rings. The van der Waals surface area contributed by atoms with E-state index < -0.39 is 12.2 Å². The van der Waals surface area contributed by atoms with Gasteiger partial charge in [-0.1, -0.05) is 30.9 Å². The van der Waals surface area contributed by atoms with Gasteiger partial charge in [-0.05, 0) is 68.0 Å². The summed E-state index contributed by atoms with van der Waals surface area (Å²) in [7, 11) is 0. The molecule has 0 radical (unpaired) electrons. The molecular formula is C26H33ClN4O3. The molecule has 2 N–H and O–H groups in total. The molecule has 1 saturated heterocycles. The first-order valence-electron chi connectivity index (χ1n) is 12.2. The molecule has 1 atom stereocenters. The number of amides is 2. The molecule has 1 saturated carbocycles. The molecule has 7 nitrogen and oxygen atoms in total. The van der Waals surface area contributed by atoms with E-state index in [2.05, 4.69) is 20.5 Å². The van der Waals surface area contributed by atoms with Crippen molar-refractivity contribution in [3.63, 3.8) is 0 Å². The van der Waals surface area contributed by atoms with E-state index in [-0.39, 0.29) is 11.8 Å². The van der Waals surface area contributed by atoms with Crippen molar-refractivity contribution in [3.05, 3.63) is 53.8 Å². The molecule has 1 aliphatic heterocycles. The molecule has 1 aromatic carbocycles. The molecular weight excluding hydrogens is 452 g/mol. The molecule has 2 aliphatic rings. The third kappa shape index (κ3) is 6.86. The Morgan fingerprint density at radius 3 is 2.35 bits per heavy atom. The first kappa shape index (κ1) is 24.3. The van der Waals surface area contributed by atoms with Gasteiger partial charge in [-0.2, -0.15) is 0 Å². The van der Waals surface area contributed by atoms with E-state index in [1.54, 1.807) is 24.3 Å².